The van der Waals surface area contributed by atoms with E-state index in [1.54, 1.807) is 13.3 Å². The van der Waals surface area contributed by atoms with Crippen LogP contribution < -0.4 is 0 Å². The van der Waals surface area contributed by atoms with Crippen molar-refractivity contribution in [2.24, 2.45) is 5.92 Å². The molecule has 1 fully saturated rings. The van der Waals surface area contributed by atoms with Crippen molar-refractivity contribution in [2.75, 3.05) is 14.2 Å². The molecule has 5 heteroatoms. The number of nitrogens with zero attached hydrogens (tertiary/aromatic N) is 1. The Morgan fingerprint density at radius 1 is 1.56 bits per heavy atom. The van der Waals surface area contributed by atoms with E-state index in [1.807, 2.05) is 0 Å². The Morgan fingerprint density at radius 2 is 2.33 bits per heavy atom. The van der Waals surface area contributed by atoms with Gasteiger partial charge in [0, 0.05) is 7.11 Å². The SMILES string of the molecule is COC(=O)c1cnc(C2(OC)CCCC(C)C2)s1. The fourth-order valence-electron chi connectivity index (χ4n) is 2.65. The van der Waals surface area contributed by atoms with E-state index in [0.29, 0.717) is 10.8 Å². The molecule has 1 aliphatic rings. The van der Waals surface area contributed by atoms with Crippen molar-refractivity contribution in [3.8, 4) is 0 Å². The normalized spacial score (nSPS) is 28.1. The van der Waals surface area contributed by atoms with Crippen LogP contribution in [0, 0.1) is 5.92 Å². The van der Waals surface area contributed by atoms with Gasteiger partial charge in [0.05, 0.1) is 13.3 Å². The maximum absolute atomic E-state index is 11.5. The summed E-state index contributed by atoms with van der Waals surface area (Å²) < 4.78 is 10.5. The van der Waals surface area contributed by atoms with Crippen LogP contribution in [0.25, 0.3) is 0 Å². The average Bonchev–Trinajstić information content (AvgIpc) is 2.87. The molecule has 1 heterocycles. The molecule has 1 saturated carbocycles. The second-order valence-electron chi connectivity index (χ2n) is 4.92. The molecule has 0 amide bonds. The van der Waals surface area contributed by atoms with Gasteiger partial charge in [-0.25, -0.2) is 9.78 Å². The summed E-state index contributed by atoms with van der Waals surface area (Å²) in [7, 11) is 3.12. The minimum atomic E-state index is -0.325. The minimum Gasteiger partial charge on any atom is -0.465 e. The van der Waals surface area contributed by atoms with E-state index in [2.05, 4.69) is 11.9 Å². The van der Waals surface area contributed by atoms with Gasteiger partial charge in [-0.1, -0.05) is 13.3 Å². The lowest BCUT2D eigenvalue weighted by atomic mass is 9.79. The van der Waals surface area contributed by atoms with Gasteiger partial charge < -0.3 is 9.47 Å². The number of hydrogen-bond donors (Lipinski definition) is 0. The molecule has 1 aliphatic carbocycles. The third-order valence-electron chi connectivity index (χ3n) is 3.63. The Kier molecular flexibility index (Phi) is 4.02. The van der Waals surface area contributed by atoms with Crippen molar-refractivity contribution < 1.29 is 14.3 Å². The summed E-state index contributed by atoms with van der Waals surface area (Å²) in [6.07, 6.45) is 5.91. The van der Waals surface area contributed by atoms with E-state index in [-0.39, 0.29) is 11.6 Å². The summed E-state index contributed by atoms with van der Waals surface area (Å²) in [6.45, 7) is 2.24. The van der Waals surface area contributed by atoms with Gasteiger partial charge in [0.15, 0.2) is 0 Å². The summed E-state index contributed by atoms with van der Waals surface area (Å²) in [5.41, 5.74) is -0.311. The van der Waals surface area contributed by atoms with Crippen LogP contribution in [0.2, 0.25) is 0 Å². The standard InChI is InChI=1S/C13H19NO3S/c1-9-5-4-6-13(7-9,17-3)12-14-8-10(18-12)11(15)16-2/h8-9H,4-7H2,1-3H3. The molecule has 0 saturated heterocycles. The van der Waals surface area contributed by atoms with Crippen molar-refractivity contribution in [2.45, 2.75) is 38.2 Å². The highest BCUT2D eigenvalue weighted by atomic mass is 32.1. The lowest BCUT2D eigenvalue weighted by molar-refractivity contribution is -0.0580. The van der Waals surface area contributed by atoms with Gasteiger partial charge in [-0.2, -0.15) is 0 Å². The number of carbonyl (C=O) groups is 1. The van der Waals surface area contributed by atoms with Gasteiger partial charge >= 0.3 is 5.97 Å². The Labute approximate surface area is 111 Å². The number of carbonyl (C=O) groups excluding carboxylic acids is 1. The molecule has 1 aromatic rings. The fraction of sp³-hybridized carbons (Fsp3) is 0.692. The van der Waals surface area contributed by atoms with Crippen molar-refractivity contribution in [1.29, 1.82) is 0 Å². The van der Waals surface area contributed by atoms with Crippen LogP contribution in [0.5, 0.6) is 0 Å². The van der Waals surface area contributed by atoms with Crippen molar-refractivity contribution >= 4 is 17.3 Å². The maximum atomic E-state index is 11.5. The predicted molar refractivity (Wildman–Crippen MR) is 69.8 cm³/mol. The van der Waals surface area contributed by atoms with Crippen molar-refractivity contribution in [3.05, 3.63) is 16.1 Å². The third kappa shape index (κ3) is 2.42. The second kappa shape index (κ2) is 5.36. The van der Waals surface area contributed by atoms with Crippen molar-refractivity contribution in [3.63, 3.8) is 0 Å². The first kappa shape index (κ1) is 13.5. The lowest BCUT2D eigenvalue weighted by Crippen LogP contribution is -2.34. The Bertz CT molecular complexity index is 432. The van der Waals surface area contributed by atoms with Gasteiger partial charge in [-0.3, -0.25) is 0 Å². The third-order valence-corrected chi connectivity index (χ3v) is 4.79. The Morgan fingerprint density at radius 3 is 2.94 bits per heavy atom. The zero-order chi connectivity index (χ0) is 13.2. The van der Waals surface area contributed by atoms with Crippen LogP contribution in [0.4, 0.5) is 0 Å². The molecule has 2 atom stereocenters. The zero-order valence-electron chi connectivity index (χ0n) is 11.1. The van der Waals surface area contributed by atoms with Crippen LogP contribution >= 0.6 is 11.3 Å². The first-order valence-electron chi connectivity index (χ1n) is 6.21. The first-order valence-corrected chi connectivity index (χ1v) is 7.03. The highest BCUT2D eigenvalue weighted by Crippen LogP contribution is 2.43. The van der Waals surface area contributed by atoms with E-state index in [9.17, 15) is 4.79 Å². The molecule has 0 radical (unpaired) electrons. The van der Waals surface area contributed by atoms with Gasteiger partial charge in [-0.05, 0) is 25.2 Å². The second-order valence-corrected chi connectivity index (χ2v) is 5.95. The van der Waals surface area contributed by atoms with E-state index in [0.717, 1.165) is 24.3 Å². The zero-order valence-corrected chi connectivity index (χ0v) is 11.9. The quantitative estimate of drug-likeness (QED) is 0.791. The maximum Gasteiger partial charge on any atom is 0.349 e. The van der Waals surface area contributed by atoms with E-state index >= 15 is 0 Å². The average molecular weight is 269 g/mol. The summed E-state index contributed by atoms with van der Waals surface area (Å²) in [5.74, 6) is 0.304. The molecule has 18 heavy (non-hydrogen) atoms. The molecule has 0 spiro atoms. The topological polar surface area (TPSA) is 48.4 Å². The molecular weight excluding hydrogens is 250 g/mol. The van der Waals surface area contributed by atoms with Crippen LogP contribution in [0.1, 0.15) is 47.3 Å². The molecule has 1 aromatic heterocycles. The Balaban J connectivity index is 2.27. The molecule has 0 N–H and O–H groups in total. The number of methoxy groups -OCH3 is 2. The van der Waals surface area contributed by atoms with E-state index in [4.69, 9.17) is 9.47 Å². The van der Waals surface area contributed by atoms with Gasteiger partial charge in [0.25, 0.3) is 0 Å². The highest BCUT2D eigenvalue weighted by molar-refractivity contribution is 7.13. The number of hydrogen-bond acceptors (Lipinski definition) is 5. The highest BCUT2D eigenvalue weighted by Gasteiger charge is 2.39. The molecular formula is C13H19NO3S. The summed E-state index contributed by atoms with van der Waals surface area (Å²) in [6, 6.07) is 0. The summed E-state index contributed by atoms with van der Waals surface area (Å²) in [5, 5.41) is 0.900. The largest absolute Gasteiger partial charge is 0.465 e. The predicted octanol–water partition coefficient (Wildman–Crippen LogP) is 2.98. The van der Waals surface area contributed by atoms with Gasteiger partial charge in [0.1, 0.15) is 15.5 Å². The minimum absolute atomic E-state index is 0.311. The van der Waals surface area contributed by atoms with E-state index < -0.39 is 0 Å². The summed E-state index contributed by atoms with van der Waals surface area (Å²) in [4.78, 5) is 16.4. The first-order chi connectivity index (χ1) is 8.61. The molecule has 2 rings (SSSR count). The van der Waals surface area contributed by atoms with Crippen LogP contribution in [0.3, 0.4) is 0 Å². The molecule has 2 unspecified atom stereocenters. The van der Waals surface area contributed by atoms with Gasteiger partial charge in [0.2, 0.25) is 0 Å². The lowest BCUT2D eigenvalue weighted by Gasteiger charge is -2.37. The molecule has 0 aromatic carbocycles. The number of ether oxygens (including phenoxy) is 2. The van der Waals surface area contributed by atoms with Crippen LogP contribution in [0.15, 0.2) is 6.20 Å². The summed E-state index contributed by atoms with van der Waals surface area (Å²) >= 11 is 1.39. The Hall–Kier alpha value is -0.940. The van der Waals surface area contributed by atoms with Crippen LogP contribution in [-0.2, 0) is 15.1 Å². The number of thiazole rings is 1. The molecule has 100 valence electrons. The number of rotatable bonds is 3. The number of aromatic nitrogens is 1. The molecule has 0 bridgehead atoms. The van der Waals surface area contributed by atoms with E-state index in [1.165, 1.54) is 24.9 Å². The molecule has 4 nitrogen and oxygen atoms in total. The fourth-order valence-corrected chi connectivity index (χ4v) is 3.69. The van der Waals surface area contributed by atoms with Crippen molar-refractivity contribution in [1.82, 2.24) is 4.98 Å². The smallest absolute Gasteiger partial charge is 0.349 e. The monoisotopic (exact) mass is 269 g/mol. The molecule has 0 aliphatic heterocycles. The van der Waals surface area contributed by atoms with Gasteiger partial charge in [-0.15, -0.1) is 11.3 Å². The van der Waals surface area contributed by atoms with Crippen LogP contribution in [-0.4, -0.2) is 25.2 Å². The number of esters is 1.